The molecule has 0 radical (unpaired) electrons. The van der Waals surface area contributed by atoms with E-state index in [-0.39, 0.29) is 18.4 Å². The van der Waals surface area contributed by atoms with Crippen LogP contribution < -0.4 is 5.32 Å². The van der Waals surface area contributed by atoms with E-state index in [1.54, 1.807) is 32.7 Å². The second-order valence-corrected chi connectivity index (χ2v) is 5.08. The van der Waals surface area contributed by atoms with Gasteiger partial charge in [0.1, 0.15) is 11.3 Å². The number of nitrogens with zero attached hydrogens (tertiary/aromatic N) is 2. The lowest BCUT2D eigenvalue weighted by Gasteiger charge is -2.38. The van der Waals surface area contributed by atoms with Gasteiger partial charge in [-0.05, 0) is 20.8 Å². The number of hydrogen-bond acceptors (Lipinski definition) is 5. The van der Waals surface area contributed by atoms with Crippen molar-refractivity contribution >= 4 is 11.8 Å². The molecule has 7 nitrogen and oxygen atoms in total. The molecular weight excluding hydrogens is 262 g/mol. The van der Waals surface area contributed by atoms with Crippen molar-refractivity contribution in [3.8, 4) is 0 Å². The van der Waals surface area contributed by atoms with E-state index in [4.69, 9.17) is 9.26 Å². The van der Waals surface area contributed by atoms with Gasteiger partial charge in [-0.1, -0.05) is 5.16 Å². The number of rotatable bonds is 2. The Balaban J connectivity index is 2.21. The lowest BCUT2D eigenvalue weighted by molar-refractivity contribution is -0.153. The predicted octanol–water partition coefficient (Wildman–Crippen LogP) is 0.269. The number of amides is 2. The summed E-state index contributed by atoms with van der Waals surface area (Å²) in [5.74, 6) is 0.0640. The van der Waals surface area contributed by atoms with Gasteiger partial charge in [0.15, 0.2) is 5.60 Å². The lowest BCUT2D eigenvalue weighted by atomic mass is 10.0. The number of carbonyl (C=O) groups excluding carboxylic acids is 2. The summed E-state index contributed by atoms with van der Waals surface area (Å²) >= 11 is 0. The van der Waals surface area contributed by atoms with Crippen LogP contribution in [0.5, 0.6) is 0 Å². The fourth-order valence-electron chi connectivity index (χ4n) is 2.39. The molecule has 0 aliphatic carbocycles. The van der Waals surface area contributed by atoms with Crippen LogP contribution in [-0.4, -0.2) is 54.2 Å². The second-order valence-electron chi connectivity index (χ2n) is 5.08. The molecule has 2 rings (SSSR count). The van der Waals surface area contributed by atoms with E-state index in [0.29, 0.717) is 30.2 Å². The Bertz CT molecular complexity index is 520. The molecule has 0 bridgehead atoms. The van der Waals surface area contributed by atoms with Gasteiger partial charge < -0.3 is 19.5 Å². The van der Waals surface area contributed by atoms with Gasteiger partial charge in [-0.3, -0.25) is 9.59 Å². The largest absolute Gasteiger partial charge is 0.362 e. The third-order valence-electron chi connectivity index (χ3n) is 3.52. The first-order valence-corrected chi connectivity index (χ1v) is 6.47. The standard InChI is InChI=1S/C13H19N3O4/c1-8-10(9(2)20-15-8)11(17)16-5-6-19-13(3,7-16)12(18)14-4/h5-7H2,1-4H3,(H,14,18)/t13-/m0/s1. The minimum Gasteiger partial charge on any atom is -0.362 e. The maximum atomic E-state index is 12.5. The van der Waals surface area contributed by atoms with Crippen molar-refractivity contribution in [2.75, 3.05) is 26.7 Å². The molecule has 1 saturated heterocycles. The maximum absolute atomic E-state index is 12.5. The van der Waals surface area contributed by atoms with Gasteiger partial charge in [0, 0.05) is 13.6 Å². The molecule has 1 atom stereocenters. The van der Waals surface area contributed by atoms with Crippen LogP contribution in [0.25, 0.3) is 0 Å². The number of morpholine rings is 1. The van der Waals surface area contributed by atoms with Gasteiger partial charge in [-0.2, -0.15) is 0 Å². The van der Waals surface area contributed by atoms with Crippen molar-refractivity contribution in [2.45, 2.75) is 26.4 Å². The Labute approximate surface area is 117 Å². The molecule has 1 aromatic rings. The number of nitrogens with one attached hydrogen (secondary N) is 1. The quantitative estimate of drug-likeness (QED) is 0.841. The number of aryl methyl sites for hydroxylation is 2. The zero-order chi connectivity index (χ0) is 14.9. The van der Waals surface area contributed by atoms with Crippen LogP contribution in [0.1, 0.15) is 28.7 Å². The second kappa shape index (κ2) is 5.24. The van der Waals surface area contributed by atoms with E-state index in [2.05, 4.69) is 10.5 Å². The highest BCUT2D eigenvalue weighted by molar-refractivity contribution is 5.97. The van der Waals surface area contributed by atoms with Crippen LogP contribution in [0.3, 0.4) is 0 Å². The van der Waals surface area contributed by atoms with E-state index >= 15 is 0 Å². The summed E-state index contributed by atoms with van der Waals surface area (Å²) in [6, 6.07) is 0. The Morgan fingerprint density at radius 1 is 1.40 bits per heavy atom. The topological polar surface area (TPSA) is 84.7 Å². The van der Waals surface area contributed by atoms with Gasteiger partial charge in [-0.25, -0.2) is 0 Å². The Hall–Kier alpha value is -1.89. The van der Waals surface area contributed by atoms with E-state index in [1.807, 2.05) is 0 Å². The van der Waals surface area contributed by atoms with Crippen molar-refractivity contribution in [3.05, 3.63) is 17.0 Å². The molecule has 110 valence electrons. The van der Waals surface area contributed by atoms with Gasteiger partial charge in [-0.15, -0.1) is 0 Å². The molecule has 1 N–H and O–H groups in total. The summed E-state index contributed by atoms with van der Waals surface area (Å²) in [6.45, 7) is 6.07. The highest BCUT2D eigenvalue weighted by atomic mass is 16.5. The summed E-state index contributed by atoms with van der Waals surface area (Å²) in [5.41, 5.74) is -0.00598. The first-order chi connectivity index (χ1) is 9.39. The number of aromatic nitrogens is 1. The fraction of sp³-hybridized carbons (Fsp3) is 0.615. The molecule has 2 heterocycles. The molecule has 7 heteroatoms. The molecule has 0 aromatic carbocycles. The molecule has 1 aliphatic heterocycles. The predicted molar refractivity (Wildman–Crippen MR) is 70.3 cm³/mol. The lowest BCUT2D eigenvalue weighted by Crippen LogP contribution is -2.58. The molecular formula is C13H19N3O4. The van der Waals surface area contributed by atoms with Gasteiger partial charge >= 0.3 is 0 Å². The highest BCUT2D eigenvalue weighted by Crippen LogP contribution is 2.22. The monoisotopic (exact) mass is 281 g/mol. The molecule has 0 unspecified atom stereocenters. The zero-order valence-electron chi connectivity index (χ0n) is 12.1. The maximum Gasteiger partial charge on any atom is 0.259 e. The van der Waals surface area contributed by atoms with E-state index < -0.39 is 5.60 Å². The molecule has 1 aliphatic rings. The number of ether oxygens (including phenoxy) is 1. The molecule has 20 heavy (non-hydrogen) atoms. The molecule has 1 fully saturated rings. The van der Waals surface area contributed by atoms with Crippen LogP contribution in [0.4, 0.5) is 0 Å². The number of hydrogen-bond donors (Lipinski definition) is 1. The molecule has 2 amide bonds. The third kappa shape index (κ3) is 2.40. The summed E-state index contributed by atoms with van der Waals surface area (Å²) in [5, 5.41) is 6.35. The van der Waals surface area contributed by atoms with Crippen LogP contribution in [0, 0.1) is 13.8 Å². The SMILES string of the molecule is CNC(=O)[C@]1(C)CN(C(=O)c2c(C)noc2C)CCO1. The Morgan fingerprint density at radius 3 is 2.65 bits per heavy atom. The van der Waals surface area contributed by atoms with Crippen LogP contribution >= 0.6 is 0 Å². The van der Waals surface area contributed by atoms with Crippen LogP contribution in [-0.2, 0) is 9.53 Å². The normalized spacial score (nSPS) is 22.7. The van der Waals surface area contributed by atoms with Crippen LogP contribution in [0.15, 0.2) is 4.52 Å². The molecule has 1 aromatic heterocycles. The fourth-order valence-corrected chi connectivity index (χ4v) is 2.39. The van der Waals surface area contributed by atoms with Gasteiger partial charge in [0.05, 0.1) is 18.8 Å². The first-order valence-electron chi connectivity index (χ1n) is 6.47. The van der Waals surface area contributed by atoms with E-state index in [1.165, 1.54) is 0 Å². The van der Waals surface area contributed by atoms with Crippen molar-refractivity contribution in [3.63, 3.8) is 0 Å². The van der Waals surface area contributed by atoms with Crippen molar-refractivity contribution in [1.29, 1.82) is 0 Å². The first kappa shape index (κ1) is 14.5. The summed E-state index contributed by atoms with van der Waals surface area (Å²) in [6.07, 6.45) is 0. The van der Waals surface area contributed by atoms with E-state index in [0.717, 1.165) is 0 Å². The minimum atomic E-state index is -1.03. The molecule has 0 spiro atoms. The summed E-state index contributed by atoms with van der Waals surface area (Å²) in [7, 11) is 1.55. The van der Waals surface area contributed by atoms with Crippen molar-refractivity contribution in [2.24, 2.45) is 0 Å². The molecule has 0 saturated carbocycles. The van der Waals surface area contributed by atoms with E-state index in [9.17, 15) is 9.59 Å². The number of carbonyl (C=O) groups is 2. The summed E-state index contributed by atoms with van der Waals surface area (Å²) < 4.78 is 10.6. The zero-order valence-corrected chi connectivity index (χ0v) is 12.1. The van der Waals surface area contributed by atoms with Gasteiger partial charge in [0.2, 0.25) is 0 Å². The average molecular weight is 281 g/mol. The number of likely N-dealkylation sites (N-methyl/N-ethyl adjacent to an activating group) is 1. The Kier molecular flexibility index (Phi) is 3.80. The van der Waals surface area contributed by atoms with Gasteiger partial charge in [0.25, 0.3) is 11.8 Å². The highest BCUT2D eigenvalue weighted by Gasteiger charge is 2.41. The van der Waals surface area contributed by atoms with Crippen molar-refractivity contribution in [1.82, 2.24) is 15.4 Å². The Morgan fingerprint density at radius 2 is 2.10 bits per heavy atom. The smallest absolute Gasteiger partial charge is 0.259 e. The minimum absolute atomic E-state index is 0.181. The van der Waals surface area contributed by atoms with Crippen molar-refractivity contribution < 1.29 is 18.8 Å². The summed E-state index contributed by atoms with van der Waals surface area (Å²) in [4.78, 5) is 26.0. The average Bonchev–Trinajstić information content (AvgIpc) is 2.76. The van der Waals surface area contributed by atoms with Crippen LogP contribution in [0.2, 0.25) is 0 Å². The third-order valence-corrected chi connectivity index (χ3v) is 3.52.